The lowest BCUT2D eigenvalue weighted by Gasteiger charge is -2.14. The van der Waals surface area contributed by atoms with Crippen molar-refractivity contribution in [3.63, 3.8) is 0 Å². The van der Waals surface area contributed by atoms with E-state index in [0.29, 0.717) is 11.3 Å². The van der Waals surface area contributed by atoms with Crippen LogP contribution >= 0.6 is 0 Å². The number of hydrogen-bond donors (Lipinski definition) is 3. The number of carboxylic acid groups (broad SMARTS) is 1. The van der Waals surface area contributed by atoms with E-state index < -0.39 is 11.9 Å². The highest BCUT2D eigenvalue weighted by atomic mass is 16.4. The molecule has 128 valence electrons. The molecule has 0 bridgehead atoms. The number of benzene rings is 2. The number of rotatable bonds is 6. The highest BCUT2D eigenvalue weighted by Crippen LogP contribution is 2.14. The number of carbonyl (C=O) groups excluding carboxylic acids is 2. The van der Waals surface area contributed by atoms with Crippen molar-refractivity contribution in [2.45, 2.75) is 13.0 Å². The number of hydrogen-bond acceptors (Lipinski definition) is 3. The van der Waals surface area contributed by atoms with E-state index in [0.717, 1.165) is 17.7 Å². The molecular weight excluding hydrogens is 320 g/mol. The molecule has 1 unspecified atom stereocenters. The topological polar surface area (TPSA) is 95.5 Å². The largest absolute Gasteiger partial charge is 0.478 e. The van der Waals surface area contributed by atoms with E-state index in [1.807, 2.05) is 37.3 Å². The van der Waals surface area contributed by atoms with Crippen molar-refractivity contribution >= 4 is 23.5 Å². The summed E-state index contributed by atoms with van der Waals surface area (Å²) in [5.74, 6) is -1.98. The number of carboxylic acids is 1. The summed E-state index contributed by atoms with van der Waals surface area (Å²) in [5, 5.41) is 13.9. The van der Waals surface area contributed by atoms with Gasteiger partial charge in [-0.3, -0.25) is 9.59 Å². The molecule has 0 saturated carbocycles. The zero-order valence-electron chi connectivity index (χ0n) is 13.6. The average molecular weight is 338 g/mol. The van der Waals surface area contributed by atoms with Crippen molar-refractivity contribution in [3.8, 4) is 0 Å². The van der Waals surface area contributed by atoms with Gasteiger partial charge in [-0.05, 0) is 36.8 Å². The predicted octanol–water partition coefficient (Wildman–Crippen LogP) is 2.76. The Kier molecular flexibility index (Phi) is 6.06. The number of aliphatic carboxylic acids is 1. The third-order valence-corrected chi connectivity index (χ3v) is 3.44. The molecule has 6 nitrogen and oxygen atoms in total. The Morgan fingerprint density at radius 3 is 2.20 bits per heavy atom. The van der Waals surface area contributed by atoms with Gasteiger partial charge in [0.25, 0.3) is 5.91 Å². The summed E-state index contributed by atoms with van der Waals surface area (Å²) < 4.78 is 0. The highest BCUT2D eigenvalue weighted by Gasteiger charge is 2.11. The van der Waals surface area contributed by atoms with Crippen LogP contribution in [-0.2, 0) is 9.59 Å². The van der Waals surface area contributed by atoms with E-state index in [9.17, 15) is 14.4 Å². The smallest absolute Gasteiger partial charge is 0.328 e. The Balaban J connectivity index is 1.96. The summed E-state index contributed by atoms with van der Waals surface area (Å²) in [6.07, 6.45) is 1.67. The molecule has 0 fully saturated rings. The van der Waals surface area contributed by atoms with Crippen LogP contribution in [0.25, 0.3) is 0 Å². The summed E-state index contributed by atoms with van der Waals surface area (Å²) in [6.45, 7) is 1.90. The molecule has 0 spiro atoms. The molecule has 0 saturated heterocycles. The average Bonchev–Trinajstić information content (AvgIpc) is 2.61. The third kappa shape index (κ3) is 5.62. The van der Waals surface area contributed by atoms with Crippen molar-refractivity contribution in [1.82, 2.24) is 5.32 Å². The standard InChI is InChI=1S/C19H18N2O4/c1-13(14-5-3-2-4-6-14)20-19(25)15-7-9-16(10-8-15)21-17(22)11-12-18(23)24/h2-13H,1H3,(H,20,25)(H,21,22)(H,23,24)/b12-11+. The van der Waals surface area contributed by atoms with Crippen molar-refractivity contribution in [2.24, 2.45) is 0 Å². The first kappa shape index (κ1) is 17.9. The van der Waals surface area contributed by atoms with Gasteiger partial charge in [0.1, 0.15) is 0 Å². The van der Waals surface area contributed by atoms with Gasteiger partial charge in [-0.1, -0.05) is 30.3 Å². The Labute approximate surface area is 145 Å². The fraction of sp³-hybridized carbons (Fsp3) is 0.105. The first-order chi connectivity index (χ1) is 12.0. The second-order valence-electron chi connectivity index (χ2n) is 5.34. The molecule has 3 N–H and O–H groups in total. The van der Waals surface area contributed by atoms with E-state index in [2.05, 4.69) is 10.6 Å². The van der Waals surface area contributed by atoms with Gasteiger partial charge in [0.15, 0.2) is 0 Å². The van der Waals surface area contributed by atoms with Gasteiger partial charge in [0.05, 0.1) is 6.04 Å². The second kappa shape index (κ2) is 8.44. The molecule has 0 aromatic heterocycles. The molecule has 2 rings (SSSR count). The molecule has 0 aliphatic rings. The summed E-state index contributed by atoms with van der Waals surface area (Å²) in [6, 6.07) is 15.8. The van der Waals surface area contributed by atoms with E-state index in [1.165, 1.54) is 0 Å². The summed E-state index contributed by atoms with van der Waals surface area (Å²) in [4.78, 5) is 34.1. The van der Waals surface area contributed by atoms with Crippen LogP contribution < -0.4 is 10.6 Å². The molecule has 0 heterocycles. The summed E-state index contributed by atoms with van der Waals surface area (Å²) in [5.41, 5.74) is 1.93. The number of nitrogens with one attached hydrogen (secondary N) is 2. The Morgan fingerprint density at radius 1 is 0.960 bits per heavy atom. The van der Waals surface area contributed by atoms with Gasteiger partial charge in [-0.25, -0.2) is 4.79 Å². The SMILES string of the molecule is CC(NC(=O)c1ccc(NC(=O)/C=C/C(=O)O)cc1)c1ccccc1. The first-order valence-corrected chi connectivity index (χ1v) is 7.63. The van der Waals surface area contributed by atoms with Gasteiger partial charge in [0.2, 0.25) is 5.91 Å². The van der Waals surface area contributed by atoms with E-state index >= 15 is 0 Å². The number of anilines is 1. The fourth-order valence-corrected chi connectivity index (χ4v) is 2.14. The Bertz CT molecular complexity index is 783. The van der Waals surface area contributed by atoms with E-state index in [1.54, 1.807) is 24.3 Å². The maximum absolute atomic E-state index is 12.3. The normalized spacial score (nSPS) is 11.7. The molecule has 2 aromatic rings. The van der Waals surface area contributed by atoms with Crippen molar-refractivity contribution in [2.75, 3.05) is 5.32 Å². The van der Waals surface area contributed by atoms with Crippen molar-refractivity contribution in [3.05, 3.63) is 77.9 Å². The monoisotopic (exact) mass is 338 g/mol. The molecule has 2 amide bonds. The van der Waals surface area contributed by atoms with Crippen LogP contribution in [0.4, 0.5) is 5.69 Å². The zero-order chi connectivity index (χ0) is 18.2. The van der Waals surface area contributed by atoms with Crippen LogP contribution in [0.2, 0.25) is 0 Å². The van der Waals surface area contributed by atoms with Crippen LogP contribution in [0.1, 0.15) is 28.9 Å². The predicted molar refractivity (Wildman–Crippen MR) is 94.2 cm³/mol. The molecule has 0 aliphatic carbocycles. The molecule has 6 heteroatoms. The Morgan fingerprint density at radius 2 is 1.60 bits per heavy atom. The first-order valence-electron chi connectivity index (χ1n) is 7.63. The highest BCUT2D eigenvalue weighted by molar-refractivity contribution is 6.02. The minimum Gasteiger partial charge on any atom is -0.478 e. The maximum Gasteiger partial charge on any atom is 0.328 e. The Hall–Kier alpha value is -3.41. The summed E-state index contributed by atoms with van der Waals surface area (Å²) >= 11 is 0. The zero-order valence-corrected chi connectivity index (χ0v) is 13.6. The van der Waals surface area contributed by atoms with Crippen molar-refractivity contribution < 1.29 is 19.5 Å². The maximum atomic E-state index is 12.3. The lowest BCUT2D eigenvalue weighted by molar-refractivity contribution is -0.131. The third-order valence-electron chi connectivity index (χ3n) is 3.44. The van der Waals surface area contributed by atoms with E-state index in [4.69, 9.17) is 5.11 Å². The number of carbonyl (C=O) groups is 3. The molecule has 25 heavy (non-hydrogen) atoms. The second-order valence-corrected chi connectivity index (χ2v) is 5.34. The molecule has 0 radical (unpaired) electrons. The minimum atomic E-state index is -1.20. The van der Waals surface area contributed by atoms with E-state index in [-0.39, 0.29) is 11.9 Å². The lowest BCUT2D eigenvalue weighted by Crippen LogP contribution is -2.26. The van der Waals surface area contributed by atoms with Crippen molar-refractivity contribution in [1.29, 1.82) is 0 Å². The molecule has 2 aromatic carbocycles. The van der Waals surface area contributed by atoms with Gasteiger partial charge < -0.3 is 15.7 Å². The van der Waals surface area contributed by atoms with Crippen LogP contribution in [0.5, 0.6) is 0 Å². The van der Waals surface area contributed by atoms with Gasteiger partial charge >= 0.3 is 5.97 Å². The fourth-order valence-electron chi connectivity index (χ4n) is 2.14. The molecule has 1 atom stereocenters. The van der Waals surface area contributed by atoms with Crippen LogP contribution in [0, 0.1) is 0 Å². The van der Waals surface area contributed by atoms with Crippen LogP contribution in [0.3, 0.4) is 0 Å². The lowest BCUT2D eigenvalue weighted by atomic mass is 10.1. The molecular formula is C19H18N2O4. The van der Waals surface area contributed by atoms with Gasteiger partial charge in [0, 0.05) is 23.4 Å². The van der Waals surface area contributed by atoms with Crippen LogP contribution in [-0.4, -0.2) is 22.9 Å². The van der Waals surface area contributed by atoms with Crippen LogP contribution in [0.15, 0.2) is 66.7 Å². The quantitative estimate of drug-likeness (QED) is 0.706. The summed E-state index contributed by atoms with van der Waals surface area (Å²) in [7, 11) is 0. The number of amides is 2. The minimum absolute atomic E-state index is 0.130. The molecule has 0 aliphatic heterocycles. The van der Waals surface area contributed by atoms with Gasteiger partial charge in [-0.2, -0.15) is 0 Å². The van der Waals surface area contributed by atoms with Gasteiger partial charge in [-0.15, -0.1) is 0 Å².